The maximum Gasteiger partial charge on any atom is 0.225 e. The van der Waals surface area contributed by atoms with E-state index >= 15 is 0 Å². The third kappa shape index (κ3) is 2.06. The molecule has 0 aromatic heterocycles. The lowest BCUT2D eigenvalue weighted by atomic mass is 9.65. The van der Waals surface area contributed by atoms with Crippen molar-refractivity contribution in [3.63, 3.8) is 0 Å². The number of carboxylic acids is 1. The van der Waals surface area contributed by atoms with Gasteiger partial charge in [0.05, 0.1) is 0 Å². The molecule has 98 valence electrons. The molecule has 0 aromatic carbocycles. The predicted molar refractivity (Wildman–Crippen MR) is 71.5 cm³/mol. The van der Waals surface area contributed by atoms with Crippen LogP contribution in [0.4, 0.5) is 0 Å². The van der Waals surface area contributed by atoms with Crippen LogP contribution in [-0.4, -0.2) is 35.3 Å². The van der Waals surface area contributed by atoms with Crippen LogP contribution in [0.15, 0.2) is 0 Å². The number of hydrogen-bond donors (Lipinski definition) is 0. The number of rotatable bonds is 3. The average Bonchev–Trinajstić information content (AvgIpc) is 2.53. The number of carboxylic acid groups (broad SMARTS) is 1. The van der Waals surface area contributed by atoms with E-state index in [9.17, 15) is 14.7 Å². The number of carbonyl (C=O) groups is 2. The molecule has 0 aliphatic heterocycles. The minimum Gasteiger partial charge on any atom is -0.550 e. The molecule has 0 saturated heterocycles. The minimum absolute atomic E-state index is 0.0224. The Labute approximate surface area is 116 Å². The van der Waals surface area contributed by atoms with Crippen LogP contribution in [0.25, 0.3) is 0 Å². The number of amides is 1. The number of aliphatic carboxylic acids is 1. The summed E-state index contributed by atoms with van der Waals surface area (Å²) in [6.07, 6.45) is 1.14. The molecule has 1 amide bonds. The normalized spacial score (nSPS) is 36.9. The van der Waals surface area contributed by atoms with Gasteiger partial charge in [-0.3, -0.25) is 4.79 Å². The van der Waals surface area contributed by atoms with Crippen molar-refractivity contribution in [1.82, 2.24) is 4.90 Å². The van der Waals surface area contributed by atoms with Crippen LogP contribution >= 0.6 is 22.6 Å². The van der Waals surface area contributed by atoms with E-state index < -0.39 is 16.8 Å². The van der Waals surface area contributed by atoms with E-state index in [-0.39, 0.29) is 11.8 Å². The molecule has 1 saturated carbocycles. The summed E-state index contributed by atoms with van der Waals surface area (Å²) in [5.74, 6) is -1.24. The van der Waals surface area contributed by atoms with Gasteiger partial charge in [0.25, 0.3) is 0 Å². The van der Waals surface area contributed by atoms with Crippen molar-refractivity contribution >= 4 is 34.5 Å². The Balaban J connectivity index is 3.15. The van der Waals surface area contributed by atoms with Gasteiger partial charge in [-0.05, 0) is 18.3 Å². The van der Waals surface area contributed by atoms with Crippen molar-refractivity contribution in [2.45, 2.75) is 26.7 Å². The van der Waals surface area contributed by atoms with Crippen molar-refractivity contribution < 1.29 is 14.7 Å². The van der Waals surface area contributed by atoms with Crippen LogP contribution in [0.2, 0.25) is 0 Å². The number of hydrogen-bond acceptors (Lipinski definition) is 3. The summed E-state index contributed by atoms with van der Waals surface area (Å²) >= 11 is 2.17. The molecule has 4 nitrogen and oxygen atoms in total. The predicted octanol–water partition coefficient (Wildman–Crippen LogP) is 0.682. The highest BCUT2D eigenvalue weighted by Crippen LogP contribution is 2.57. The molecule has 0 heterocycles. The van der Waals surface area contributed by atoms with Gasteiger partial charge in [0.1, 0.15) is 0 Å². The van der Waals surface area contributed by atoms with Crippen LogP contribution in [-0.2, 0) is 9.59 Å². The van der Waals surface area contributed by atoms with E-state index in [2.05, 4.69) is 22.6 Å². The van der Waals surface area contributed by atoms with E-state index in [4.69, 9.17) is 0 Å². The quantitative estimate of drug-likeness (QED) is 0.555. The second kappa shape index (κ2) is 4.74. The molecular weight excluding hydrogens is 333 g/mol. The summed E-state index contributed by atoms with van der Waals surface area (Å²) in [7, 11) is 3.43. The topological polar surface area (TPSA) is 60.4 Å². The summed E-state index contributed by atoms with van der Waals surface area (Å²) in [4.78, 5) is 25.1. The third-order valence-electron chi connectivity index (χ3n) is 4.43. The van der Waals surface area contributed by atoms with Crippen molar-refractivity contribution in [2.75, 3.05) is 18.5 Å². The lowest BCUT2D eigenvalue weighted by molar-refractivity contribution is -0.322. The smallest absolute Gasteiger partial charge is 0.225 e. The van der Waals surface area contributed by atoms with Crippen molar-refractivity contribution in [3.05, 3.63) is 0 Å². The molecule has 17 heavy (non-hydrogen) atoms. The third-order valence-corrected chi connectivity index (χ3v) is 6.01. The maximum atomic E-state index is 12.1. The Bertz CT molecular complexity index is 345. The Morgan fingerprint density at radius 2 is 1.94 bits per heavy atom. The summed E-state index contributed by atoms with van der Waals surface area (Å²) < 4.78 is 0.638. The molecule has 1 aliphatic rings. The van der Waals surface area contributed by atoms with E-state index in [1.54, 1.807) is 25.9 Å². The Hall–Kier alpha value is -0.330. The Kier molecular flexibility index (Phi) is 4.11. The second-order valence-electron chi connectivity index (χ2n) is 5.49. The van der Waals surface area contributed by atoms with Gasteiger partial charge >= 0.3 is 0 Å². The van der Waals surface area contributed by atoms with Gasteiger partial charge < -0.3 is 14.8 Å². The van der Waals surface area contributed by atoms with Crippen LogP contribution in [0.3, 0.4) is 0 Å². The molecule has 1 rings (SSSR count). The molecule has 1 aliphatic carbocycles. The summed E-state index contributed by atoms with van der Waals surface area (Å²) in [5.41, 5.74) is -1.45. The zero-order valence-electron chi connectivity index (χ0n) is 10.7. The van der Waals surface area contributed by atoms with Crippen molar-refractivity contribution in [1.29, 1.82) is 0 Å². The molecule has 5 heteroatoms. The van der Waals surface area contributed by atoms with Gasteiger partial charge in [0, 0.05) is 35.8 Å². The van der Waals surface area contributed by atoms with Crippen molar-refractivity contribution in [2.24, 2.45) is 16.7 Å². The zero-order chi connectivity index (χ0) is 13.4. The number of halogens is 1. The van der Waals surface area contributed by atoms with E-state index in [0.29, 0.717) is 17.3 Å². The van der Waals surface area contributed by atoms with Crippen LogP contribution in [0, 0.1) is 16.7 Å². The SMILES string of the molecule is CN(C)C(=O)[C@@H]1CC[C@](C)(C(=O)[O-])[C@@]1(C)CI. The highest BCUT2D eigenvalue weighted by molar-refractivity contribution is 14.1. The molecule has 0 aromatic rings. The monoisotopic (exact) mass is 352 g/mol. The Morgan fingerprint density at radius 3 is 2.29 bits per heavy atom. The average molecular weight is 352 g/mol. The van der Waals surface area contributed by atoms with E-state index in [0.717, 1.165) is 0 Å². The van der Waals surface area contributed by atoms with Gasteiger partial charge in [-0.25, -0.2) is 0 Å². The summed E-state index contributed by atoms with van der Waals surface area (Å²) in [5, 5.41) is 11.4. The first-order chi connectivity index (χ1) is 7.70. The van der Waals surface area contributed by atoms with E-state index in [1.807, 2.05) is 6.92 Å². The standard InChI is InChI=1S/C12H20INO3/c1-11(10(16)17)6-5-8(9(15)14(3)4)12(11,2)7-13/h8H,5-7H2,1-4H3,(H,16,17)/p-1/t8-,11+,12-/m0/s1. The number of nitrogens with zero attached hydrogens (tertiary/aromatic N) is 1. The molecule has 0 bridgehead atoms. The fraction of sp³-hybridized carbons (Fsp3) is 0.833. The van der Waals surface area contributed by atoms with Crippen molar-refractivity contribution in [3.8, 4) is 0 Å². The minimum atomic E-state index is -1.04. The molecule has 3 atom stereocenters. The fourth-order valence-electron chi connectivity index (χ4n) is 2.71. The van der Waals surface area contributed by atoms with Gasteiger partial charge in [-0.1, -0.05) is 36.4 Å². The Morgan fingerprint density at radius 1 is 1.41 bits per heavy atom. The van der Waals surface area contributed by atoms with Crippen LogP contribution in [0.1, 0.15) is 26.7 Å². The lowest BCUT2D eigenvalue weighted by Gasteiger charge is -2.44. The van der Waals surface area contributed by atoms with Crippen LogP contribution in [0.5, 0.6) is 0 Å². The molecule has 0 N–H and O–H groups in total. The number of alkyl halides is 1. The summed E-state index contributed by atoms with van der Waals surface area (Å²) in [6.45, 7) is 3.61. The largest absolute Gasteiger partial charge is 0.550 e. The molecule has 0 radical (unpaired) electrons. The fourth-order valence-corrected chi connectivity index (χ4v) is 4.08. The van der Waals surface area contributed by atoms with Gasteiger partial charge in [0.2, 0.25) is 5.91 Å². The van der Waals surface area contributed by atoms with E-state index in [1.165, 1.54) is 0 Å². The first-order valence-electron chi connectivity index (χ1n) is 5.69. The highest BCUT2D eigenvalue weighted by atomic mass is 127. The highest BCUT2D eigenvalue weighted by Gasteiger charge is 2.57. The molecule has 0 spiro atoms. The van der Waals surface area contributed by atoms with Crippen LogP contribution < -0.4 is 5.11 Å². The zero-order valence-corrected chi connectivity index (χ0v) is 12.9. The second-order valence-corrected chi connectivity index (χ2v) is 6.26. The van der Waals surface area contributed by atoms with Gasteiger partial charge in [0.15, 0.2) is 0 Å². The van der Waals surface area contributed by atoms with Gasteiger partial charge in [-0.2, -0.15) is 0 Å². The lowest BCUT2D eigenvalue weighted by Crippen LogP contribution is -2.52. The summed E-state index contributed by atoms with van der Waals surface area (Å²) in [6, 6.07) is 0. The number of carbonyl (C=O) groups excluding carboxylic acids is 2. The first kappa shape index (κ1) is 14.7. The molecule has 1 fully saturated rings. The molecular formula is C12H19INO3-. The molecule has 0 unspecified atom stereocenters. The maximum absolute atomic E-state index is 12.1. The first-order valence-corrected chi connectivity index (χ1v) is 7.22. The van der Waals surface area contributed by atoms with Gasteiger partial charge in [-0.15, -0.1) is 0 Å².